The molecule has 0 radical (unpaired) electrons. The lowest BCUT2D eigenvalue weighted by Crippen LogP contribution is -2.16. The number of ether oxygens (including phenoxy) is 3. The Morgan fingerprint density at radius 2 is 1.70 bits per heavy atom. The maximum Gasteiger partial charge on any atom is 0.513 e. The zero-order valence-corrected chi connectivity index (χ0v) is 16.3. The molecule has 0 aliphatic carbocycles. The van der Waals surface area contributed by atoms with Crippen LogP contribution in [0.4, 0.5) is 18.0 Å². The number of carbonyl (C=O) groups excluding carboxylic acids is 1. The molecule has 0 saturated carbocycles. The molecule has 9 heteroatoms. The number of carbonyl (C=O) groups is 1. The van der Waals surface area contributed by atoms with Crippen LogP contribution in [0.15, 0.2) is 45.6 Å². The number of alkyl halides is 3. The van der Waals surface area contributed by atoms with E-state index >= 15 is 0 Å². The monoisotopic (exact) mass is 422 g/mol. The van der Waals surface area contributed by atoms with Crippen LogP contribution in [0.2, 0.25) is 0 Å². The number of rotatable bonds is 4. The minimum atomic E-state index is -5.00. The normalized spacial score (nSPS) is 11.4. The van der Waals surface area contributed by atoms with Gasteiger partial charge in [-0.1, -0.05) is 6.07 Å². The van der Waals surface area contributed by atoms with Gasteiger partial charge in [-0.15, -0.1) is 0 Å². The topological polar surface area (TPSA) is 75.0 Å². The Balaban J connectivity index is 2.13. The Morgan fingerprint density at radius 1 is 1.03 bits per heavy atom. The van der Waals surface area contributed by atoms with Gasteiger partial charge in [0, 0.05) is 6.07 Å². The highest BCUT2D eigenvalue weighted by Crippen LogP contribution is 2.39. The van der Waals surface area contributed by atoms with Crippen molar-refractivity contribution in [1.29, 1.82) is 0 Å². The van der Waals surface area contributed by atoms with Gasteiger partial charge in [-0.3, -0.25) is 4.79 Å². The SMILES string of the molecule is CCOC(=O)Oc1ccc2c(=O)c(Oc3cc(C)cc(C)c3)c(C(F)(F)F)oc2c1. The first-order chi connectivity index (χ1) is 14.1. The van der Waals surface area contributed by atoms with Crippen molar-refractivity contribution in [2.45, 2.75) is 26.9 Å². The zero-order valence-electron chi connectivity index (χ0n) is 16.3. The van der Waals surface area contributed by atoms with E-state index in [4.69, 9.17) is 13.9 Å². The molecule has 1 heterocycles. The Labute approximate surface area is 168 Å². The highest BCUT2D eigenvalue weighted by molar-refractivity contribution is 5.80. The molecule has 1 aromatic heterocycles. The number of benzene rings is 2. The van der Waals surface area contributed by atoms with E-state index in [1.165, 1.54) is 24.3 Å². The van der Waals surface area contributed by atoms with Crippen molar-refractivity contribution in [3.63, 3.8) is 0 Å². The number of hydrogen-bond acceptors (Lipinski definition) is 6. The third-order valence-electron chi connectivity index (χ3n) is 3.96. The molecule has 2 aromatic carbocycles. The molecule has 0 aliphatic rings. The van der Waals surface area contributed by atoms with E-state index in [0.29, 0.717) is 0 Å². The van der Waals surface area contributed by atoms with Gasteiger partial charge >= 0.3 is 12.3 Å². The molecule has 0 atom stereocenters. The average Bonchev–Trinajstić information content (AvgIpc) is 2.62. The molecule has 0 unspecified atom stereocenters. The lowest BCUT2D eigenvalue weighted by molar-refractivity contribution is -0.154. The quantitative estimate of drug-likeness (QED) is 0.393. The molecule has 0 bridgehead atoms. The van der Waals surface area contributed by atoms with Crippen molar-refractivity contribution in [2.75, 3.05) is 6.61 Å². The fraction of sp³-hybridized carbons (Fsp3) is 0.238. The van der Waals surface area contributed by atoms with Gasteiger partial charge in [0.05, 0.1) is 12.0 Å². The van der Waals surface area contributed by atoms with Crippen LogP contribution >= 0.6 is 0 Å². The first-order valence-corrected chi connectivity index (χ1v) is 8.87. The first-order valence-electron chi connectivity index (χ1n) is 8.87. The minimum absolute atomic E-state index is 0.0544. The standard InChI is InChI=1S/C21H17F3O6/c1-4-27-20(26)29-13-5-6-15-16(10-13)30-19(21(22,23)24)18(17(15)25)28-14-8-11(2)7-12(3)9-14/h5-10H,4H2,1-3H3. The van der Waals surface area contributed by atoms with Gasteiger partial charge in [-0.25, -0.2) is 4.79 Å². The fourth-order valence-corrected chi connectivity index (χ4v) is 2.85. The molecular weight excluding hydrogens is 405 g/mol. The molecule has 0 N–H and O–H groups in total. The summed E-state index contributed by atoms with van der Waals surface area (Å²) in [4.78, 5) is 24.2. The Bertz CT molecular complexity index is 1140. The van der Waals surface area contributed by atoms with Crippen LogP contribution in [0.25, 0.3) is 11.0 Å². The van der Waals surface area contributed by atoms with Crippen LogP contribution in [0, 0.1) is 13.8 Å². The summed E-state index contributed by atoms with van der Waals surface area (Å²) in [6, 6.07) is 8.25. The summed E-state index contributed by atoms with van der Waals surface area (Å²) in [6.45, 7) is 5.11. The van der Waals surface area contributed by atoms with Crippen LogP contribution < -0.4 is 14.9 Å². The van der Waals surface area contributed by atoms with E-state index in [0.717, 1.165) is 17.2 Å². The van der Waals surface area contributed by atoms with Crippen molar-refractivity contribution in [1.82, 2.24) is 0 Å². The summed E-state index contributed by atoms with van der Waals surface area (Å²) in [5.74, 6) is -2.63. The molecule has 0 fully saturated rings. The van der Waals surface area contributed by atoms with E-state index < -0.39 is 34.9 Å². The van der Waals surface area contributed by atoms with E-state index in [2.05, 4.69) is 4.74 Å². The zero-order chi connectivity index (χ0) is 22.1. The lowest BCUT2D eigenvalue weighted by atomic mass is 10.1. The van der Waals surface area contributed by atoms with Crippen molar-refractivity contribution in [2.24, 2.45) is 0 Å². The van der Waals surface area contributed by atoms with Crippen molar-refractivity contribution < 1.29 is 36.6 Å². The highest BCUT2D eigenvalue weighted by Gasteiger charge is 2.40. The van der Waals surface area contributed by atoms with E-state index in [9.17, 15) is 22.8 Å². The van der Waals surface area contributed by atoms with Gasteiger partial charge in [-0.2, -0.15) is 13.2 Å². The summed E-state index contributed by atoms with van der Waals surface area (Å²) in [5, 5.41) is -0.168. The van der Waals surface area contributed by atoms with Gasteiger partial charge in [0.25, 0.3) is 5.76 Å². The van der Waals surface area contributed by atoms with Crippen molar-refractivity contribution >= 4 is 17.1 Å². The summed E-state index contributed by atoms with van der Waals surface area (Å²) in [6.07, 6.45) is -6.04. The second-order valence-corrected chi connectivity index (χ2v) is 6.46. The maximum atomic E-state index is 13.6. The maximum absolute atomic E-state index is 13.6. The molecule has 3 rings (SSSR count). The molecule has 0 amide bonds. The van der Waals surface area contributed by atoms with E-state index in [1.54, 1.807) is 20.8 Å². The predicted octanol–water partition coefficient (Wildman–Crippen LogP) is 5.76. The predicted molar refractivity (Wildman–Crippen MR) is 101 cm³/mol. The third kappa shape index (κ3) is 4.56. The van der Waals surface area contributed by atoms with Crippen LogP contribution in [-0.2, 0) is 10.9 Å². The Hall–Kier alpha value is -3.49. The second-order valence-electron chi connectivity index (χ2n) is 6.46. The summed E-state index contributed by atoms with van der Waals surface area (Å²) in [5.41, 5.74) is 0.0845. The third-order valence-corrected chi connectivity index (χ3v) is 3.96. The minimum Gasteiger partial charge on any atom is -0.449 e. The van der Waals surface area contributed by atoms with Crippen molar-refractivity contribution in [3.05, 3.63) is 63.5 Å². The Kier molecular flexibility index (Phi) is 5.73. The van der Waals surface area contributed by atoms with Gasteiger partial charge in [0.2, 0.25) is 11.2 Å². The lowest BCUT2D eigenvalue weighted by Gasteiger charge is -2.14. The number of fused-ring (bicyclic) bond motifs is 1. The van der Waals surface area contributed by atoms with Crippen molar-refractivity contribution in [3.8, 4) is 17.2 Å². The fourth-order valence-electron chi connectivity index (χ4n) is 2.85. The summed E-state index contributed by atoms with van der Waals surface area (Å²) in [7, 11) is 0. The Morgan fingerprint density at radius 3 is 2.30 bits per heavy atom. The van der Waals surface area contributed by atoms with Crippen LogP contribution in [0.3, 0.4) is 0 Å². The molecule has 158 valence electrons. The number of aryl methyl sites for hydroxylation is 2. The van der Waals surface area contributed by atoms with E-state index in [1.807, 2.05) is 6.07 Å². The van der Waals surface area contributed by atoms with Gasteiger partial charge < -0.3 is 18.6 Å². The highest BCUT2D eigenvalue weighted by atomic mass is 19.4. The van der Waals surface area contributed by atoms with Gasteiger partial charge in [-0.05, 0) is 56.2 Å². The molecule has 3 aromatic rings. The van der Waals surface area contributed by atoms with Crippen LogP contribution in [0.1, 0.15) is 23.8 Å². The molecule has 6 nitrogen and oxygen atoms in total. The molecule has 30 heavy (non-hydrogen) atoms. The van der Waals surface area contributed by atoms with Crippen LogP contribution in [0.5, 0.6) is 17.2 Å². The average molecular weight is 422 g/mol. The molecule has 0 spiro atoms. The van der Waals surface area contributed by atoms with Gasteiger partial charge in [0.15, 0.2) is 0 Å². The summed E-state index contributed by atoms with van der Waals surface area (Å²) >= 11 is 0. The smallest absolute Gasteiger partial charge is 0.449 e. The molecule has 0 aliphatic heterocycles. The largest absolute Gasteiger partial charge is 0.513 e. The number of hydrogen-bond donors (Lipinski definition) is 0. The molecular formula is C21H17F3O6. The second kappa shape index (κ2) is 8.10. The first kappa shape index (κ1) is 21.2. The summed E-state index contributed by atoms with van der Waals surface area (Å²) < 4.78 is 60.6. The van der Waals surface area contributed by atoms with Crippen LogP contribution in [-0.4, -0.2) is 12.8 Å². The molecule has 0 saturated heterocycles. The number of halogens is 3. The van der Waals surface area contributed by atoms with E-state index in [-0.39, 0.29) is 23.5 Å². The van der Waals surface area contributed by atoms with Gasteiger partial charge in [0.1, 0.15) is 17.1 Å².